The first-order valence-corrected chi connectivity index (χ1v) is 7.88. The maximum absolute atomic E-state index is 11.3. The highest BCUT2D eigenvalue weighted by molar-refractivity contribution is 14.0. The van der Waals surface area contributed by atoms with E-state index in [2.05, 4.69) is 15.2 Å². The maximum Gasteiger partial charge on any atom is 0.305 e. The first-order valence-electron chi connectivity index (χ1n) is 7.88. The maximum atomic E-state index is 11.3. The van der Waals surface area contributed by atoms with Crippen LogP contribution < -0.4 is 5.32 Å². The van der Waals surface area contributed by atoms with Crippen molar-refractivity contribution < 1.29 is 14.3 Å². The Morgan fingerprint density at radius 3 is 2.91 bits per heavy atom. The number of hydrogen-bond donors (Lipinski definition) is 1. The molecule has 6 nitrogen and oxygen atoms in total. The molecule has 0 amide bonds. The first kappa shape index (κ1) is 19.5. The zero-order valence-electron chi connectivity index (χ0n) is 13.6. The molecule has 2 saturated heterocycles. The van der Waals surface area contributed by atoms with Gasteiger partial charge in [-0.05, 0) is 26.2 Å². The molecule has 0 saturated carbocycles. The summed E-state index contributed by atoms with van der Waals surface area (Å²) in [6.07, 6.45) is 3.55. The Morgan fingerprint density at radius 2 is 2.27 bits per heavy atom. The molecule has 1 atom stereocenters. The summed E-state index contributed by atoms with van der Waals surface area (Å²) in [5, 5.41) is 3.34. The van der Waals surface area contributed by atoms with Crippen molar-refractivity contribution in [3.8, 4) is 0 Å². The summed E-state index contributed by atoms with van der Waals surface area (Å²) < 4.78 is 10.5. The molecule has 2 rings (SSSR count). The van der Waals surface area contributed by atoms with Gasteiger partial charge in [-0.1, -0.05) is 0 Å². The number of nitrogens with zero attached hydrogens (tertiary/aromatic N) is 2. The van der Waals surface area contributed by atoms with E-state index in [1.54, 1.807) is 0 Å². The number of esters is 1. The molecule has 0 radical (unpaired) electrons. The predicted octanol–water partition coefficient (Wildman–Crippen LogP) is 1.64. The van der Waals surface area contributed by atoms with E-state index in [1.165, 1.54) is 6.42 Å². The molecule has 2 fully saturated rings. The normalized spacial score (nSPS) is 24.5. The molecule has 0 aromatic rings. The summed E-state index contributed by atoms with van der Waals surface area (Å²) in [4.78, 5) is 17.9. The molecule has 1 N–H and O–H groups in total. The second-order valence-electron chi connectivity index (χ2n) is 5.86. The lowest BCUT2D eigenvalue weighted by Crippen LogP contribution is -2.41. The van der Waals surface area contributed by atoms with Gasteiger partial charge in [0.15, 0.2) is 5.96 Å². The molecular weight excluding hydrogens is 397 g/mol. The van der Waals surface area contributed by atoms with Gasteiger partial charge in [0.25, 0.3) is 0 Å². The Labute approximate surface area is 150 Å². The smallest absolute Gasteiger partial charge is 0.305 e. The zero-order chi connectivity index (χ0) is 15.1. The van der Waals surface area contributed by atoms with Crippen molar-refractivity contribution in [3.05, 3.63) is 0 Å². The van der Waals surface area contributed by atoms with E-state index in [1.807, 2.05) is 14.0 Å². The van der Waals surface area contributed by atoms with Crippen LogP contribution in [0.3, 0.4) is 0 Å². The van der Waals surface area contributed by atoms with E-state index in [-0.39, 0.29) is 29.9 Å². The first-order chi connectivity index (χ1) is 10.2. The average Bonchev–Trinajstić information content (AvgIpc) is 3.10. The van der Waals surface area contributed by atoms with Gasteiger partial charge in [-0.25, -0.2) is 0 Å². The second-order valence-corrected chi connectivity index (χ2v) is 5.86. The number of hydrogen-bond acceptors (Lipinski definition) is 4. The lowest BCUT2D eigenvalue weighted by molar-refractivity contribution is -0.143. The summed E-state index contributed by atoms with van der Waals surface area (Å²) >= 11 is 0. The molecule has 1 unspecified atom stereocenters. The van der Waals surface area contributed by atoms with Gasteiger partial charge in [0, 0.05) is 45.1 Å². The van der Waals surface area contributed by atoms with Crippen LogP contribution in [0.1, 0.15) is 32.6 Å². The van der Waals surface area contributed by atoms with Gasteiger partial charge in [0.2, 0.25) is 0 Å². The van der Waals surface area contributed by atoms with Crippen molar-refractivity contribution in [1.29, 1.82) is 0 Å². The molecule has 0 aromatic carbocycles. The largest absolute Gasteiger partial charge is 0.466 e. The number of carbonyl (C=O) groups excluding carboxylic acids is 1. The van der Waals surface area contributed by atoms with Gasteiger partial charge in [-0.15, -0.1) is 24.0 Å². The number of likely N-dealkylation sites (tertiary alicyclic amines) is 1. The number of halogens is 1. The molecular formula is C15H28IN3O3. The number of aliphatic imine (C=N–C) groups is 1. The molecule has 0 aromatic heterocycles. The van der Waals surface area contributed by atoms with Crippen LogP contribution in [0.2, 0.25) is 0 Å². The molecule has 2 aliphatic heterocycles. The monoisotopic (exact) mass is 425 g/mol. The topological polar surface area (TPSA) is 63.2 Å². The van der Waals surface area contributed by atoms with Gasteiger partial charge < -0.3 is 19.7 Å². The molecule has 128 valence electrons. The van der Waals surface area contributed by atoms with Crippen molar-refractivity contribution >= 4 is 35.9 Å². The summed E-state index contributed by atoms with van der Waals surface area (Å²) in [7, 11) is 1.81. The van der Waals surface area contributed by atoms with E-state index in [9.17, 15) is 4.79 Å². The van der Waals surface area contributed by atoms with Crippen LogP contribution in [-0.4, -0.2) is 63.3 Å². The average molecular weight is 425 g/mol. The van der Waals surface area contributed by atoms with Gasteiger partial charge in [0.05, 0.1) is 13.2 Å². The molecule has 0 aliphatic carbocycles. The highest BCUT2D eigenvalue weighted by Gasteiger charge is 2.42. The Kier molecular flexibility index (Phi) is 8.45. The minimum atomic E-state index is -0.127. The lowest BCUT2D eigenvalue weighted by atomic mass is 9.87. The van der Waals surface area contributed by atoms with E-state index >= 15 is 0 Å². The lowest BCUT2D eigenvalue weighted by Gasteiger charge is -2.24. The molecule has 2 aliphatic rings. The van der Waals surface area contributed by atoms with Gasteiger partial charge >= 0.3 is 5.97 Å². The van der Waals surface area contributed by atoms with Crippen LogP contribution >= 0.6 is 24.0 Å². The van der Waals surface area contributed by atoms with Crippen LogP contribution in [0, 0.1) is 5.41 Å². The van der Waals surface area contributed by atoms with Crippen molar-refractivity contribution in [1.82, 2.24) is 10.2 Å². The number of guanidine groups is 1. The van der Waals surface area contributed by atoms with Crippen LogP contribution in [-0.2, 0) is 14.3 Å². The van der Waals surface area contributed by atoms with Crippen molar-refractivity contribution in [2.45, 2.75) is 32.6 Å². The fourth-order valence-corrected chi connectivity index (χ4v) is 3.09. The number of nitrogens with one attached hydrogen (secondary N) is 1. The quantitative estimate of drug-likeness (QED) is 0.239. The van der Waals surface area contributed by atoms with Gasteiger partial charge in [-0.3, -0.25) is 9.79 Å². The van der Waals surface area contributed by atoms with Crippen molar-refractivity contribution in [2.75, 3.05) is 46.5 Å². The SMILES string of the molecule is CCOC(=O)CCCNC(=NC)N1CCC2(CCOC2)C1.I. The highest BCUT2D eigenvalue weighted by atomic mass is 127. The van der Waals surface area contributed by atoms with Crippen LogP contribution in [0.5, 0.6) is 0 Å². The van der Waals surface area contributed by atoms with Gasteiger partial charge in [-0.2, -0.15) is 0 Å². The third-order valence-electron chi connectivity index (χ3n) is 4.28. The standard InChI is InChI=1S/C15H27N3O3.HI/c1-3-21-13(19)5-4-8-17-14(16-2)18-9-6-15(11-18)7-10-20-12-15;/h3-12H2,1-2H3,(H,16,17);1H. The van der Waals surface area contributed by atoms with E-state index in [4.69, 9.17) is 9.47 Å². The third-order valence-corrected chi connectivity index (χ3v) is 4.28. The fraction of sp³-hybridized carbons (Fsp3) is 0.867. The fourth-order valence-electron chi connectivity index (χ4n) is 3.09. The molecule has 7 heteroatoms. The van der Waals surface area contributed by atoms with Crippen molar-refractivity contribution in [2.24, 2.45) is 10.4 Å². The molecule has 0 bridgehead atoms. The summed E-state index contributed by atoms with van der Waals surface area (Å²) in [6.45, 7) is 6.83. The Bertz CT molecular complexity index is 384. The third kappa shape index (κ3) is 5.26. The molecule has 2 heterocycles. The summed E-state index contributed by atoms with van der Waals surface area (Å²) in [6, 6.07) is 0. The molecule has 1 spiro atoms. The van der Waals surface area contributed by atoms with Gasteiger partial charge in [0.1, 0.15) is 0 Å². The Balaban J connectivity index is 0.00000242. The number of carbonyl (C=O) groups is 1. The van der Waals surface area contributed by atoms with Crippen LogP contribution in [0.15, 0.2) is 4.99 Å². The minimum Gasteiger partial charge on any atom is -0.466 e. The van der Waals surface area contributed by atoms with Crippen LogP contribution in [0.25, 0.3) is 0 Å². The van der Waals surface area contributed by atoms with E-state index in [0.29, 0.717) is 18.4 Å². The summed E-state index contributed by atoms with van der Waals surface area (Å²) in [5.74, 6) is 0.806. The van der Waals surface area contributed by atoms with E-state index < -0.39 is 0 Å². The Morgan fingerprint density at radius 1 is 1.45 bits per heavy atom. The minimum absolute atomic E-state index is 0. The zero-order valence-corrected chi connectivity index (χ0v) is 15.9. The number of rotatable bonds is 5. The number of ether oxygens (including phenoxy) is 2. The highest BCUT2D eigenvalue weighted by Crippen LogP contribution is 2.38. The van der Waals surface area contributed by atoms with Crippen molar-refractivity contribution in [3.63, 3.8) is 0 Å². The predicted molar refractivity (Wildman–Crippen MR) is 96.7 cm³/mol. The molecule has 22 heavy (non-hydrogen) atoms. The van der Waals surface area contributed by atoms with E-state index in [0.717, 1.165) is 51.6 Å². The second kappa shape index (κ2) is 9.54. The summed E-state index contributed by atoms with van der Waals surface area (Å²) in [5.41, 5.74) is 0.336. The van der Waals surface area contributed by atoms with Crippen LogP contribution in [0.4, 0.5) is 0 Å². The Hall–Kier alpha value is -0.570.